The number of allylic oxidation sites excluding steroid dienone is 1. The van der Waals surface area contributed by atoms with E-state index in [0.29, 0.717) is 42.4 Å². The van der Waals surface area contributed by atoms with Gasteiger partial charge in [-0.15, -0.1) is 0 Å². The molecule has 13 nitrogen and oxygen atoms in total. The molecule has 57 heavy (non-hydrogen) atoms. The fraction of sp³-hybridized carbons (Fsp3) is 0.558. The number of carbonyl (C=O) groups excluding carboxylic acids is 3. The number of nitrogens with two attached hydrogens (primary N) is 2. The number of rotatable bonds is 9. The van der Waals surface area contributed by atoms with E-state index in [2.05, 4.69) is 43.2 Å². The standard InChI is InChI=1S/C41H54FN9O4.C2H6/c1-2-49(30-18-29-21-45-39(44)36(50(29)24-30)20-34(43)31-4-3-5-33(42)38(31)53)27-12-14-47(15-13-27)22-25-10-16-48(17-11-25)28-7-6-26-23-51(41(55)32(26)19-28)35-8-9-37(52)46-40(35)54;1-2/h3-7,19-20,25,27,29-30,35,45,53H,2,8-18,21-24,43-44H2,1H3,(H,46,52,54);1-2H3/b34-20-;. The monoisotopic (exact) mass is 785 g/mol. The predicted octanol–water partition coefficient (Wildman–Crippen LogP) is 3.49. The Labute approximate surface area is 335 Å². The molecule has 308 valence electrons. The molecule has 3 atom stereocenters. The number of imide groups is 1. The van der Waals surface area contributed by atoms with E-state index in [4.69, 9.17) is 11.5 Å². The molecule has 14 heteroatoms. The maximum Gasteiger partial charge on any atom is 0.255 e. The van der Waals surface area contributed by atoms with Gasteiger partial charge in [0.05, 0.1) is 5.70 Å². The summed E-state index contributed by atoms with van der Waals surface area (Å²) in [6.07, 6.45) is 7.90. The largest absolute Gasteiger partial charge is 0.504 e. The minimum absolute atomic E-state index is 0.125. The lowest BCUT2D eigenvalue weighted by Gasteiger charge is -2.42. The second kappa shape index (κ2) is 17.4. The fourth-order valence-electron chi connectivity index (χ4n) is 9.95. The molecule has 0 aromatic heterocycles. The highest BCUT2D eigenvalue weighted by atomic mass is 19.1. The van der Waals surface area contributed by atoms with Crippen LogP contribution in [0.5, 0.6) is 5.75 Å². The molecular formula is C43H60FN9O4. The number of para-hydroxylation sites is 1. The van der Waals surface area contributed by atoms with Crippen molar-refractivity contribution in [3.05, 3.63) is 76.5 Å². The molecule has 2 aromatic carbocycles. The molecule has 0 spiro atoms. The Hall–Kier alpha value is -4.82. The number of anilines is 1. The number of benzene rings is 2. The first-order valence-corrected chi connectivity index (χ1v) is 21.0. The molecule has 0 saturated carbocycles. The normalized spacial score (nSPS) is 25.0. The number of likely N-dealkylation sites (N-methyl/N-ethyl adjacent to an activating group) is 1. The van der Waals surface area contributed by atoms with Crippen LogP contribution >= 0.6 is 0 Å². The van der Waals surface area contributed by atoms with Crippen LogP contribution in [0.3, 0.4) is 0 Å². The molecule has 6 aliphatic rings. The second-order valence-electron chi connectivity index (χ2n) is 16.1. The number of phenols is 1. The molecule has 4 saturated heterocycles. The molecular weight excluding hydrogens is 726 g/mol. The Bertz CT molecular complexity index is 1890. The van der Waals surface area contributed by atoms with E-state index in [1.165, 1.54) is 12.1 Å². The Morgan fingerprint density at radius 2 is 1.75 bits per heavy atom. The molecule has 3 unspecified atom stereocenters. The molecule has 0 radical (unpaired) electrons. The van der Waals surface area contributed by atoms with Crippen LogP contribution in [0.4, 0.5) is 10.1 Å². The number of nitrogens with one attached hydrogen (secondary N) is 2. The third-order valence-electron chi connectivity index (χ3n) is 13.0. The van der Waals surface area contributed by atoms with Crippen molar-refractivity contribution in [2.75, 3.05) is 57.3 Å². The van der Waals surface area contributed by atoms with Gasteiger partial charge in [-0.2, -0.15) is 0 Å². The predicted molar refractivity (Wildman–Crippen MR) is 219 cm³/mol. The first-order chi connectivity index (χ1) is 27.6. The van der Waals surface area contributed by atoms with Gasteiger partial charge in [0.15, 0.2) is 11.6 Å². The number of aromatic hydroxyl groups is 1. The average Bonchev–Trinajstić information content (AvgIpc) is 3.79. The van der Waals surface area contributed by atoms with Gasteiger partial charge < -0.3 is 41.5 Å². The number of hydrogen-bond acceptors (Lipinski definition) is 11. The molecule has 0 aliphatic carbocycles. The van der Waals surface area contributed by atoms with Crippen LogP contribution in [-0.4, -0.2) is 119 Å². The number of amides is 3. The third-order valence-corrected chi connectivity index (χ3v) is 13.0. The lowest BCUT2D eigenvalue weighted by molar-refractivity contribution is -0.136. The van der Waals surface area contributed by atoms with Crippen molar-refractivity contribution in [3.8, 4) is 5.75 Å². The summed E-state index contributed by atoms with van der Waals surface area (Å²) in [5.41, 5.74) is 16.8. The van der Waals surface area contributed by atoms with Crippen LogP contribution in [0.25, 0.3) is 5.70 Å². The summed E-state index contributed by atoms with van der Waals surface area (Å²) in [5, 5.41) is 16.0. The number of phenolic OH excluding ortho intramolecular Hbond substituents is 1. The van der Waals surface area contributed by atoms with Crippen molar-refractivity contribution in [2.24, 2.45) is 17.4 Å². The zero-order valence-electron chi connectivity index (χ0n) is 33.7. The zero-order chi connectivity index (χ0) is 40.4. The number of likely N-dealkylation sites (tertiary alicyclic amines) is 1. The van der Waals surface area contributed by atoms with E-state index in [1.807, 2.05) is 26.0 Å². The minimum Gasteiger partial charge on any atom is -0.504 e. The zero-order valence-corrected chi connectivity index (χ0v) is 33.7. The molecule has 7 N–H and O–H groups in total. The van der Waals surface area contributed by atoms with E-state index in [9.17, 15) is 23.9 Å². The summed E-state index contributed by atoms with van der Waals surface area (Å²) in [6.45, 7) is 14.4. The van der Waals surface area contributed by atoms with Crippen LogP contribution in [0.15, 0.2) is 54.0 Å². The molecule has 6 heterocycles. The van der Waals surface area contributed by atoms with Crippen molar-refractivity contribution >= 4 is 29.1 Å². The maximum absolute atomic E-state index is 14.1. The van der Waals surface area contributed by atoms with Crippen LogP contribution < -0.4 is 27.0 Å². The van der Waals surface area contributed by atoms with E-state index < -0.39 is 17.6 Å². The minimum atomic E-state index is -0.707. The molecule has 6 aliphatic heterocycles. The number of fused-ring (bicyclic) bond motifs is 2. The van der Waals surface area contributed by atoms with Crippen molar-refractivity contribution in [1.82, 2.24) is 30.2 Å². The van der Waals surface area contributed by atoms with Gasteiger partial charge in [-0.25, -0.2) is 4.39 Å². The summed E-state index contributed by atoms with van der Waals surface area (Å²) in [5.74, 6) is -0.768. The molecule has 2 aromatic rings. The third kappa shape index (κ3) is 8.29. The SMILES string of the molecule is CC.CCN(C1CCN(CC2CCN(c3ccc4c(c3)C(=O)N(C3CCC(=O)NC3=O)C4)CC2)CC1)C1CC2CNC(N)=C(/C=C(\N)c3cccc(F)c3O)N2C1. The number of halogens is 1. The lowest BCUT2D eigenvalue weighted by Crippen LogP contribution is -2.52. The number of nitrogens with zero attached hydrogens (tertiary/aromatic N) is 5. The summed E-state index contributed by atoms with van der Waals surface area (Å²) in [7, 11) is 0. The highest BCUT2D eigenvalue weighted by Crippen LogP contribution is 2.35. The highest BCUT2D eigenvalue weighted by Gasteiger charge is 2.42. The van der Waals surface area contributed by atoms with Crippen LogP contribution in [0.1, 0.15) is 87.2 Å². The van der Waals surface area contributed by atoms with Crippen molar-refractivity contribution in [2.45, 2.75) is 96.4 Å². The first kappa shape index (κ1) is 40.4. The van der Waals surface area contributed by atoms with E-state index in [1.54, 1.807) is 17.0 Å². The van der Waals surface area contributed by atoms with E-state index in [0.717, 1.165) is 101 Å². The van der Waals surface area contributed by atoms with Gasteiger partial charge in [-0.3, -0.25) is 24.6 Å². The summed E-state index contributed by atoms with van der Waals surface area (Å²) < 4.78 is 14.1. The summed E-state index contributed by atoms with van der Waals surface area (Å²) in [4.78, 5) is 49.2. The van der Waals surface area contributed by atoms with Gasteiger partial charge in [0, 0.05) is 86.3 Å². The first-order valence-electron chi connectivity index (χ1n) is 21.0. The van der Waals surface area contributed by atoms with Gasteiger partial charge in [0.2, 0.25) is 11.8 Å². The molecule has 3 amide bonds. The Balaban J connectivity index is 0.00000244. The quantitative estimate of drug-likeness (QED) is 0.237. The van der Waals surface area contributed by atoms with Crippen LogP contribution in [0.2, 0.25) is 0 Å². The molecule has 0 bridgehead atoms. The second-order valence-corrected chi connectivity index (χ2v) is 16.1. The molecule has 4 fully saturated rings. The van der Waals surface area contributed by atoms with Gasteiger partial charge in [-0.1, -0.05) is 32.9 Å². The lowest BCUT2D eigenvalue weighted by atomic mass is 9.93. The van der Waals surface area contributed by atoms with Crippen molar-refractivity contribution in [1.29, 1.82) is 0 Å². The van der Waals surface area contributed by atoms with Crippen LogP contribution in [-0.2, 0) is 16.1 Å². The topological polar surface area (TPSA) is 164 Å². The number of carbonyl (C=O) groups is 3. The van der Waals surface area contributed by atoms with Gasteiger partial charge in [0.25, 0.3) is 5.91 Å². The smallest absolute Gasteiger partial charge is 0.255 e. The number of hydrogen-bond donors (Lipinski definition) is 5. The van der Waals surface area contributed by atoms with E-state index >= 15 is 0 Å². The average molecular weight is 786 g/mol. The van der Waals surface area contributed by atoms with Crippen molar-refractivity contribution < 1.29 is 23.9 Å². The van der Waals surface area contributed by atoms with Crippen molar-refractivity contribution in [3.63, 3.8) is 0 Å². The highest BCUT2D eigenvalue weighted by molar-refractivity contribution is 6.05. The van der Waals surface area contributed by atoms with Gasteiger partial charge in [0.1, 0.15) is 11.9 Å². The summed E-state index contributed by atoms with van der Waals surface area (Å²) >= 11 is 0. The Morgan fingerprint density at radius 3 is 2.47 bits per heavy atom. The van der Waals surface area contributed by atoms with Gasteiger partial charge >= 0.3 is 0 Å². The van der Waals surface area contributed by atoms with Crippen LogP contribution in [0, 0.1) is 11.7 Å². The Kier molecular flexibility index (Phi) is 12.3. The van der Waals surface area contributed by atoms with E-state index in [-0.39, 0.29) is 41.4 Å². The van der Waals surface area contributed by atoms with Gasteiger partial charge in [-0.05, 0) is 100.0 Å². The Morgan fingerprint density at radius 1 is 1.00 bits per heavy atom. The fourth-order valence-corrected chi connectivity index (χ4v) is 9.95. The summed E-state index contributed by atoms with van der Waals surface area (Å²) in [6, 6.07) is 11.1. The number of piperidine rings is 3. The molecule has 8 rings (SSSR count). The maximum atomic E-state index is 14.1.